The van der Waals surface area contributed by atoms with Crippen LogP contribution in [0.25, 0.3) is 0 Å². The van der Waals surface area contributed by atoms with Gasteiger partial charge in [0.15, 0.2) is 0 Å². The van der Waals surface area contributed by atoms with Crippen LogP contribution in [0, 0.1) is 5.92 Å². The van der Waals surface area contributed by atoms with E-state index in [1.807, 2.05) is 13.1 Å². The van der Waals surface area contributed by atoms with Gasteiger partial charge in [0.25, 0.3) is 0 Å². The lowest BCUT2D eigenvalue weighted by Gasteiger charge is -2.19. The Bertz CT molecular complexity index is 410. The summed E-state index contributed by atoms with van der Waals surface area (Å²) in [6.07, 6.45) is 4.00. The average molecular weight is 264 g/mol. The normalized spacial score (nSPS) is 18.9. The van der Waals surface area contributed by atoms with Gasteiger partial charge in [-0.2, -0.15) is 0 Å². The minimum Gasteiger partial charge on any atom is -0.396 e. The van der Waals surface area contributed by atoms with Crippen molar-refractivity contribution in [1.29, 1.82) is 0 Å². The Kier molecular flexibility index (Phi) is 4.96. The van der Waals surface area contributed by atoms with E-state index >= 15 is 0 Å². The molecule has 106 valence electrons. The fourth-order valence-electron chi connectivity index (χ4n) is 2.57. The van der Waals surface area contributed by atoms with E-state index < -0.39 is 0 Å². The first-order valence-electron chi connectivity index (χ1n) is 7.18. The summed E-state index contributed by atoms with van der Waals surface area (Å²) in [6, 6.07) is 2.01. The monoisotopic (exact) mass is 264 g/mol. The summed E-state index contributed by atoms with van der Waals surface area (Å²) >= 11 is 0. The summed E-state index contributed by atoms with van der Waals surface area (Å²) in [5.74, 6) is 3.41. The number of nitrogens with one attached hydrogen (secondary N) is 1. The summed E-state index contributed by atoms with van der Waals surface area (Å²) in [7, 11) is 1.89. The second kappa shape index (κ2) is 6.70. The molecule has 1 atom stereocenters. The van der Waals surface area contributed by atoms with Crippen molar-refractivity contribution in [2.45, 2.75) is 32.6 Å². The van der Waals surface area contributed by atoms with Gasteiger partial charge in [0.2, 0.25) is 0 Å². The maximum atomic E-state index is 9.03. The molecule has 1 aromatic rings. The van der Waals surface area contributed by atoms with Gasteiger partial charge in [0.05, 0.1) is 0 Å². The van der Waals surface area contributed by atoms with E-state index in [2.05, 4.69) is 27.1 Å². The zero-order valence-corrected chi connectivity index (χ0v) is 11.9. The van der Waals surface area contributed by atoms with E-state index in [1.165, 1.54) is 0 Å². The van der Waals surface area contributed by atoms with E-state index in [9.17, 15) is 0 Å². The Morgan fingerprint density at radius 1 is 1.47 bits per heavy atom. The summed E-state index contributed by atoms with van der Waals surface area (Å²) in [6.45, 7) is 4.44. The lowest BCUT2D eigenvalue weighted by Crippen LogP contribution is -2.22. The van der Waals surface area contributed by atoms with Crippen LogP contribution in [0.4, 0.5) is 11.6 Å². The number of nitrogens with zero attached hydrogens (tertiary/aromatic N) is 3. The Labute approximate surface area is 115 Å². The van der Waals surface area contributed by atoms with Crippen LogP contribution in [0.1, 0.15) is 32.0 Å². The van der Waals surface area contributed by atoms with Crippen LogP contribution in [0.2, 0.25) is 0 Å². The molecule has 2 rings (SSSR count). The highest BCUT2D eigenvalue weighted by atomic mass is 16.3. The third kappa shape index (κ3) is 3.56. The number of rotatable bonds is 6. The van der Waals surface area contributed by atoms with Crippen molar-refractivity contribution in [3.8, 4) is 0 Å². The summed E-state index contributed by atoms with van der Waals surface area (Å²) in [4.78, 5) is 11.4. The first kappa shape index (κ1) is 14.1. The van der Waals surface area contributed by atoms with Crippen molar-refractivity contribution in [1.82, 2.24) is 9.97 Å². The minimum atomic E-state index is 0.283. The molecule has 0 amide bonds. The smallest absolute Gasteiger partial charge is 0.134 e. The molecule has 0 saturated carbocycles. The molecule has 1 aliphatic rings. The molecule has 0 aliphatic carbocycles. The van der Waals surface area contributed by atoms with E-state index in [-0.39, 0.29) is 6.61 Å². The summed E-state index contributed by atoms with van der Waals surface area (Å²) in [5.41, 5.74) is 0. The van der Waals surface area contributed by atoms with Crippen molar-refractivity contribution >= 4 is 11.6 Å². The number of hydrogen-bond donors (Lipinski definition) is 2. The molecule has 19 heavy (non-hydrogen) atoms. The topological polar surface area (TPSA) is 61.3 Å². The highest BCUT2D eigenvalue weighted by Gasteiger charge is 2.23. The van der Waals surface area contributed by atoms with Crippen molar-refractivity contribution in [3.05, 3.63) is 11.9 Å². The van der Waals surface area contributed by atoms with Gasteiger partial charge in [-0.3, -0.25) is 0 Å². The van der Waals surface area contributed by atoms with Gasteiger partial charge in [0.1, 0.15) is 17.5 Å². The molecular formula is C14H24N4O. The molecule has 0 aromatic carbocycles. The number of anilines is 2. The van der Waals surface area contributed by atoms with Crippen LogP contribution in [0.15, 0.2) is 6.07 Å². The fraction of sp³-hybridized carbons (Fsp3) is 0.714. The van der Waals surface area contributed by atoms with Gasteiger partial charge >= 0.3 is 0 Å². The molecule has 1 aliphatic heterocycles. The molecule has 1 fully saturated rings. The Hall–Kier alpha value is -1.36. The number of hydrogen-bond acceptors (Lipinski definition) is 5. The molecule has 2 heterocycles. The molecule has 0 radical (unpaired) electrons. The van der Waals surface area contributed by atoms with Gasteiger partial charge in [-0.05, 0) is 25.2 Å². The van der Waals surface area contributed by atoms with Gasteiger partial charge in [-0.1, -0.05) is 6.92 Å². The number of aliphatic hydroxyl groups excluding tert-OH is 1. The lowest BCUT2D eigenvalue weighted by molar-refractivity contribution is 0.263. The minimum absolute atomic E-state index is 0.283. The van der Waals surface area contributed by atoms with Crippen LogP contribution >= 0.6 is 0 Å². The zero-order valence-electron chi connectivity index (χ0n) is 11.9. The first-order valence-corrected chi connectivity index (χ1v) is 7.18. The van der Waals surface area contributed by atoms with E-state index in [0.717, 1.165) is 56.2 Å². The Balaban J connectivity index is 2.12. The molecule has 0 spiro atoms. The number of aliphatic hydroxyl groups is 1. The fourth-order valence-corrected chi connectivity index (χ4v) is 2.57. The van der Waals surface area contributed by atoms with Gasteiger partial charge < -0.3 is 15.3 Å². The number of aromatic nitrogens is 2. The van der Waals surface area contributed by atoms with Crippen LogP contribution in [0.5, 0.6) is 0 Å². The lowest BCUT2D eigenvalue weighted by atomic mass is 10.1. The molecular weight excluding hydrogens is 240 g/mol. The van der Waals surface area contributed by atoms with Gasteiger partial charge in [-0.25, -0.2) is 9.97 Å². The summed E-state index contributed by atoms with van der Waals surface area (Å²) < 4.78 is 0. The van der Waals surface area contributed by atoms with Crippen molar-refractivity contribution in [2.75, 3.05) is 37.0 Å². The van der Waals surface area contributed by atoms with Crippen molar-refractivity contribution in [2.24, 2.45) is 5.92 Å². The third-order valence-electron chi connectivity index (χ3n) is 3.64. The maximum absolute atomic E-state index is 9.03. The predicted molar refractivity (Wildman–Crippen MR) is 77.6 cm³/mol. The standard InChI is InChI=1S/C14H24N4O/c1-3-4-12-16-13(15-2)9-14(17-12)18-7-5-11(10-18)6-8-19/h9,11,19H,3-8,10H2,1-2H3,(H,15,16,17). The largest absolute Gasteiger partial charge is 0.396 e. The average Bonchev–Trinajstić information content (AvgIpc) is 2.88. The molecule has 0 bridgehead atoms. The van der Waals surface area contributed by atoms with Gasteiger partial charge in [-0.15, -0.1) is 0 Å². The highest BCUT2D eigenvalue weighted by molar-refractivity contribution is 5.49. The first-order chi connectivity index (χ1) is 9.26. The van der Waals surface area contributed by atoms with E-state index in [4.69, 9.17) is 5.11 Å². The van der Waals surface area contributed by atoms with Crippen LogP contribution < -0.4 is 10.2 Å². The SMILES string of the molecule is CCCc1nc(NC)cc(N2CCC(CCO)C2)n1. The summed E-state index contributed by atoms with van der Waals surface area (Å²) in [5, 5.41) is 12.1. The van der Waals surface area contributed by atoms with Crippen LogP contribution in [-0.4, -0.2) is 41.8 Å². The van der Waals surface area contributed by atoms with E-state index in [0.29, 0.717) is 5.92 Å². The maximum Gasteiger partial charge on any atom is 0.134 e. The van der Waals surface area contributed by atoms with Crippen LogP contribution in [-0.2, 0) is 6.42 Å². The third-order valence-corrected chi connectivity index (χ3v) is 3.64. The predicted octanol–water partition coefficient (Wildman–Crippen LogP) is 1.68. The molecule has 1 saturated heterocycles. The second-order valence-corrected chi connectivity index (χ2v) is 5.14. The Morgan fingerprint density at radius 3 is 3.00 bits per heavy atom. The molecule has 5 nitrogen and oxygen atoms in total. The van der Waals surface area contributed by atoms with Crippen LogP contribution in [0.3, 0.4) is 0 Å². The van der Waals surface area contributed by atoms with Crippen molar-refractivity contribution < 1.29 is 5.11 Å². The quantitative estimate of drug-likeness (QED) is 0.818. The highest BCUT2D eigenvalue weighted by Crippen LogP contribution is 2.25. The Morgan fingerprint density at radius 2 is 2.32 bits per heavy atom. The molecule has 2 N–H and O–H groups in total. The molecule has 5 heteroatoms. The van der Waals surface area contributed by atoms with Crippen molar-refractivity contribution in [3.63, 3.8) is 0 Å². The zero-order chi connectivity index (χ0) is 13.7. The molecule has 1 aromatic heterocycles. The van der Waals surface area contributed by atoms with Gasteiger partial charge in [0, 0.05) is 39.2 Å². The van der Waals surface area contributed by atoms with E-state index in [1.54, 1.807) is 0 Å². The second-order valence-electron chi connectivity index (χ2n) is 5.14. The number of aryl methyl sites for hydroxylation is 1. The molecule has 1 unspecified atom stereocenters.